The Labute approximate surface area is 122 Å². The minimum absolute atomic E-state index is 0.00197. The van der Waals surface area contributed by atoms with E-state index < -0.39 is 0 Å². The minimum Gasteiger partial charge on any atom is -0.355 e. The van der Waals surface area contributed by atoms with E-state index in [0.29, 0.717) is 6.54 Å². The number of nitrogens with one attached hydrogen (secondary N) is 1. The van der Waals surface area contributed by atoms with Gasteiger partial charge in [-0.3, -0.25) is 4.79 Å². The molecule has 0 aliphatic carbocycles. The van der Waals surface area contributed by atoms with Crippen LogP contribution in [0.1, 0.15) is 16.0 Å². The number of benzene rings is 2. The Balaban J connectivity index is 1.82. The minimum atomic E-state index is -0.288. The summed E-state index contributed by atoms with van der Waals surface area (Å²) in [6.07, 6.45) is 0.848. The fourth-order valence-corrected chi connectivity index (χ4v) is 2.30. The van der Waals surface area contributed by atoms with Gasteiger partial charge in [-0.2, -0.15) is 0 Å². The molecule has 2 rings (SSSR count). The van der Waals surface area contributed by atoms with Crippen molar-refractivity contribution in [2.24, 2.45) is 0 Å². The van der Waals surface area contributed by atoms with E-state index in [9.17, 15) is 4.79 Å². The fraction of sp³-hybridized carbons (Fsp3) is 0.188. The lowest BCUT2D eigenvalue weighted by molar-refractivity contribution is -0.120. The summed E-state index contributed by atoms with van der Waals surface area (Å²) < 4.78 is 0. The van der Waals surface area contributed by atoms with E-state index in [0.717, 1.165) is 12.0 Å². The van der Waals surface area contributed by atoms with Crippen LogP contribution in [0.15, 0.2) is 60.7 Å². The van der Waals surface area contributed by atoms with Gasteiger partial charge >= 0.3 is 0 Å². The monoisotopic (exact) mass is 317 g/mol. The molecular weight excluding hydrogens is 302 g/mol. The Kier molecular flexibility index (Phi) is 5.16. The first kappa shape index (κ1) is 13.8. The molecule has 2 aromatic carbocycles. The second-order valence-corrected chi connectivity index (χ2v) is 5.22. The number of amides is 1. The van der Waals surface area contributed by atoms with Crippen LogP contribution in [0, 0.1) is 0 Å². The molecule has 19 heavy (non-hydrogen) atoms. The van der Waals surface area contributed by atoms with Crippen LogP contribution in [-0.4, -0.2) is 12.5 Å². The van der Waals surface area contributed by atoms with E-state index in [2.05, 4.69) is 33.4 Å². The van der Waals surface area contributed by atoms with E-state index in [4.69, 9.17) is 0 Å². The fourth-order valence-electron chi connectivity index (χ4n) is 1.84. The average molecular weight is 318 g/mol. The van der Waals surface area contributed by atoms with E-state index in [-0.39, 0.29) is 10.7 Å². The number of carbonyl (C=O) groups is 1. The zero-order chi connectivity index (χ0) is 13.5. The van der Waals surface area contributed by atoms with Gasteiger partial charge in [0.2, 0.25) is 5.91 Å². The summed E-state index contributed by atoms with van der Waals surface area (Å²) >= 11 is 3.43. The molecule has 0 bridgehead atoms. The molecule has 0 radical (unpaired) electrons. The summed E-state index contributed by atoms with van der Waals surface area (Å²) in [4.78, 5) is 11.7. The first-order valence-corrected chi connectivity index (χ1v) is 7.19. The standard InChI is InChI=1S/C16H16BrNO/c17-15(14-9-5-2-6-10-14)16(19)18-12-11-13-7-3-1-4-8-13/h1-10,15H,11-12H2,(H,18,19). The van der Waals surface area contributed by atoms with Gasteiger partial charge in [0.1, 0.15) is 4.83 Å². The summed E-state index contributed by atoms with van der Waals surface area (Å²) in [6, 6.07) is 19.8. The molecule has 0 aliphatic rings. The van der Waals surface area contributed by atoms with Crippen LogP contribution < -0.4 is 5.32 Å². The molecule has 3 heteroatoms. The van der Waals surface area contributed by atoms with Crippen molar-refractivity contribution in [1.29, 1.82) is 0 Å². The van der Waals surface area contributed by atoms with Gasteiger partial charge in [-0.15, -0.1) is 0 Å². The van der Waals surface area contributed by atoms with Crippen molar-refractivity contribution >= 4 is 21.8 Å². The van der Waals surface area contributed by atoms with Gasteiger partial charge in [-0.05, 0) is 17.5 Å². The number of rotatable bonds is 5. The van der Waals surface area contributed by atoms with E-state index >= 15 is 0 Å². The highest BCUT2D eigenvalue weighted by molar-refractivity contribution is 9.09. The molecule has 1 unspecified atom stereocenters. The number of carbonyl (C=O) groups excluding carboxylic acids is 1. The molecule has 2 nitrogen and oxygen atoms in total. The molecule has 0 aliphatic heterocycles. The summed E-state index contributed by atoms with van der Waals surface area (Å²) in [7, 11) is 0. The van der Waals surface area contributed by atoms with E-state index in [1.165, 1.54) is 5.56 Å². The summed E-state index contributed by atoms with van der Waals surface area (Å²) in [6.45, 7) is 0.651. The lowest BCUT2D eigenvalue weighted by atomic mass is 10.1. The third-order valence-electron chi connectivity index (χ3n) is 2.88. The van der Waals surface area contributed by atoms with Gasteiger partial charge in [0.05, 0.1) is 0 Å². The van der Waals surface area contributed by atoms with Crippen LogP contribution in [-0.2, 0) is 11.2 Å². The Morgan fingerprint density at radius 1 is 1.00 bits per heavy atom. The van der Waals surface area contributed by atoms with Gasteiger partial charge in [0, 0.05) is 6.54 Å². The Morgan fingerprint density at radius 3 is 2.21 bits per heavy atom. The molecule has 0 saturated heterocycles. The highest BCUT2D eigenvalue weighted by atomic mass is 79.9. The van der Waals surface area contributed by atoms with Crippen molar-refractivity contribution < 1.29 is 4.79 Å². The van der Waals surface area contributed by atoms with E-state index in [1.54, 1.807) is 0 Å². The summed E-state index contributed by atoms with van der Waals surface area (Å²) in [5.41, 5.74) is 2.20. The van der Waals surface area contributed by atoms with Crippen LogP contribution in [0.25, 0.3) is 0 Å². The maximum atomic E-state index is 12.0. The van der Waals surface area contributed by atoms with Gasteiger partial charge in [0.25, 0.3) is 0 Å². The summed E-state index contributed by atoms with van der Waals surface area (Å²) in [5.74, 6) is 0.00197. The highest BCUT2D eigenvalue weighted by Crippen LogP contribution is 2.22. The molecule has 0 fully saturated rings. The van der Waals surface area contributed by atoms with Gasteiger partial charge in [-0.25, -0.2) is 0 Å². The van der Waals surface area contributed by atoms with Gasteiger partial charge in [-0.1, -0.05) is 76.6 Å². The zero-order valence-electron chi connectivity index (χ0n) is 10.6. The van der Waals surface area contributed by atoms with Crippen molar-refractivity contribution in [3.05, 3.63) is 71.8 Å². The largest absolute Gasteiger partial charge is 0.355 e. The molecule has 0 spiro atoms. The Morgan fingerprint density at radius 2 is 1.58 bits per heavy atom. The molecule has 98 valence electrons. The topological polar surface area (TPSA) is 29.1 Å². The number of hydrogen-bond donors (Lipinski definition) is 1. The molecular formula is C16H16BrNO. The molecule has 0 saturated carbocycles. The summed E-state index contributed by atoms with van der Waals surface area (Å²) in [5, 5.41) is 2.94. The third-order valence-corrected chi connectivity index (χ3v) is 3.82. The average Bonchev–Trinajstić information content (AvgIpc) is 2.48. The molecule has 0 aromatic heterocycles. The van der Waals surface area contributed by atoms with E-state index in [1.807, 2.05) is 48.5 Å². The molecule has 1 N–H and O–H groups in total. The molecule has 2 aromatic rings. The van der Waals surface area contributed by atoms with Crippen molar-refractivity contribution in [3.63, 3.8) is 0 Å². The molecule has 1 atom stereocenters. The zero-order valence-corrected chi connectivity index (χ0v) is 12.1. The van der Waals surface area contributed by atoms with Crippen molar-refractivity contribution in [2.75, 3.05) is 6.54 Å². The molecule has 1 amide bonds. The predicted molar refractivity (Wildman–Crippen MR) is 81.3 cm³/mol. The maximum Gasteiger partial charge on any atom is 0.238 e. The SMILES string of the molecule is O=C(NCCc1ccccc1)C(Br)c1ccccc1. The van der Waals surface area contributed by atoms with Gasteiger partial charge in [0.15, 0.2) is 0 Å². The van der Waals surface area contributed by atoms with Crippen LogP contribution in [0.5, 0.6) is 0 Å². The van der Waals surface area contributed by atoms with Crippen LogP contribution >= 0.6 is 15.9 Å². The number of hydrogen-bond acceptors (Lipinski definition) is 1. The lowest BCUT2D eigenvalue weighted by Crippen LogP contribution is -2.28. The quantitative estimate of drug-likeness (QED) is 0.840. The Hall–Kier alpha value is -1.61. The van der Waals surface area contributed by atoms with Crippen LogP contribution in [0.3, 0.4) is 0 Å². The number of halogens is 1. The molecule has 0 heterocycles. The smallest absolute Gasteiger partial charge is 0.238 e. The lowest BCUT2D eigenvalue weighted by Gasteiger charge is -2.11. The van der Waals surface area contributed by atoms with Crippen LogP contribution in [0.4, 0.5) is 0 Å². The van der Waals surface area contributed by atoms with Crippen molar-refractivity contribution in [3.8, 4) is 0 Å². The van der Waals surface area contributed by atoms with Gasteiger partial charge < -0.3 is 5.32 Å². The van der Waals surface area contributed by atoms with Crippen molar-refractivity contribution in [1.82, 2.24) is 5.32 Å². The predicted octanol–water partition coefficient (Wildman–Crippen LogP) is 3.48. The first-order valence-electron chi connectivity index (χ1n) is 6.28. The first-order chi connectivity index (χ1) is 9.27. The second-order valence-electron chi connectivity index (χ2n) is 4.30. The Bertz CT molecular complexity index is 513. The van der Waals surface area contributed by atoms with Crippen LogP contribution in [0.2, 0.25) is 0 Å². The highest BCUT2D eigenvalue weighted by Gasteiger charge is 2.15. The van der Waals surface area contributed by atoms with Crippen molar-refractivity contribution in [2.45, 2.75) is 11.2 Å². The number of alkyl halides is 1. The maximum absolute atomic E-state index is 12.0. The normalized spacial score (nSPS) is 11.8. The third kappa shape index (κ3) is 4.21. The second kappa shape index (κ2) is 7.10.